The molecule has 2 amide bonds. The van der Waals surface area contributed by atoms with Gasteiger partial charge in [0.15, 0.2) is 0 Å². The van der Waals surface area contributed by atoms with Crippen molar-refractivity contribution in [3.05, 3.63) is 60.9 Å². The number of hydrogen-bond acceptors (Lipinski definition) is 5. The van der Waals surface area contributed by atoms with Gasteiger partial charge in [-0.3, -0.25) is 4.79 Å². The fourth-order valence-electron chi connectivity index (χ4n) is 3.49. The molecule has 0 saturated carbocycles. The van der Waals surface area contributed by atoms with Gasteiger partial charge in [-0.2, -0.15) is 5.10 Å². The molecule has 0 unspecified atom stereocenters. The molecule has 1 atom stereocenters. The third-order valence-corrected chi connectivity index (χ3v) is 6.77. The van der Waals surface area contributed by atoms with E-state index < -0.39 is 18.0 Å². The topological polar surface area (TPSA) is 98.8 Å². The van der Waals surface area contributed by atoms with E-state index in [1.807, 2.05) is 70.5 Å². The number of amides is 2. The Morgan fingerprint density at radius 2 is 1.86 bits per heavy atom. The molecule has 1 aromatic heterocycles. The summed E-state index contributed by atoms with van der Waals surface area (Å²) >= 11 is 4.57. The molecular weight excluding hydrogens is 672 g/mol. The Morgan fingerprint density at radius 1 is 1.17 bits per heavy atom. The molecule has 8 nitrogen and oxygen atoms in total. The van der Waals surface area contributed by atoms with Gasteiger partial charge in [0.05, 0.1) is 18.5 Å². The summed E-state index contributed by atoms with van der Waals surface area (Å²) in [4.78, 5) is 30.6. The summed E-state index contributed by atoms with van der Waals surface area (Å²) in [6, 6.07) is 11.0. The van der Waals surface area contributed by atoms with E-state index in [9.17, 15) is 9.59 Å². The quantitative estimate of drug-likeness (QED) is 0.168. The predicted octanol–water partition coefficient (Wildman–Crippen LogP) is 4.89. The summed E-state index contributed by atoms with van der Waals surface area (Å²) in [5.41, 5.74) is 6.45. The van der Waals surface area contributed by atoms with Crippen molar-refractivity contribution in [2.24, 2.45) is 11.0 Å². The highest BCUT2D eigenvalue weighted by molar-refractivity contribution is 14.1. The standard InChI is InChI=1S/C25H29I2N5O3/c1-15(2)14-35-25(34)30-22(11-17-13-28-21-8-6-5-7-18(17)21)24(33)31-29-12-16-9-19(26)23(32(3)4)20(27)10-16/h5-10,12-13,15,22,28H,11,14H2,1-4H3,(H,30,34)(H,31,33)/b29-12-/t22-/m0/s1. The molecule has 35 heavy (non-hydrogen) atoms. The Morgan fingerprint density at radius 3 is 2.51 bits per heavy atom. The minimum absolute atomic E-state index is 0.190. The number of nitrogens with one attached hydrogen (secondary N) is 3. The number of fused-ring (bicyclic) bond motifs is 1. The van der Waals surface area contributed by atoms with E-state index in [1.165, 1.54) is 0 Å². The van der Waals surface area contributed by atoms with Crippen molar-refractivity contribution in [3.63, 3.8) is 0 Å². The van der Waals surface area contributed by atoms with Crippen LogP contribution >= 0.6 is 45.2 Å². The van der Waals surface area contributed by atoms with E-state index >= 15 is 0 Å². The summed E-state index contributed by atoms with van der Waals surface area (Å²) in [6.07, 6.45) is 3.11. The van der Waals surface area contributed by atoms with Crippen LogP contribution in [0.4, 0.5) is 10.5 Å². The van der Waals surface area contributed by atoms with E-state index in [0.717, 1.165) is 34.9 Å². The molecule has 3 rings (SSSR count). The van der Waals surface area contributed by atoms with Crippen LogP contribution in [0.15, 0.2) is 47.7 Å². The Hall–Kier alpha value is -2.35. The largest absolute Gasteiger partial charge is 0.449 e. The second kappa shape index (κ2) is 12.6. The fourth-order valence-corrected chi connectivity index (χ4v) is 6.27. The van der Waals surface area contributed by atoms with Crippen molar-refractivity contribution < 1.29 is 14.3 Å². The molecule has 0 spiro atoms. The maximum atomic E-state index is 13.0. The van der Waals surface area contributed by atoms with E-state index in [-0.39, 0.29) is 18.9 Å². The Kier molecular flexibility index (Phi) is 9.78. The molecule has 3 aromatic rings. The summed E-state index contributed by atoms with van der Waals surface area (Å²) in [6.45, 7) is 4.17. The first-order chi connectivity index (χ1) is 16.7. The number of benzene rings is 2. The molecule has 2 aromatic carbocycles. The first-order valence-corrected chi connectivity index (χ1v) is 13.3. The number of alkyl carbamates (subject to hydrolysis) is 1. The monoisotopic (exact) mass is 701 g/mol. The number of halogens is 2. The van der Waals surface area contributed by atoms with Crippen molar-refractivity contribution in [1.82, 2.24) is 15.7 Å². The molecule has 3 N–H and O–H groups in total. The van der Waals surface area contributed by atoms with Crippen LogP contribution in [0, 0.1) is 13.1 Å². The number of para-hydroxylation sites is 1. The van der Waals surface area contributed by atoms with E-state index in [0.29, 0.717) is 0 Å². The van der Waals surface area contributed by atoms with Crippen LogP contribution in [0.3, 0.4) is 0 Å². The van der Waals surface area contributed by atoms with Gasteiger partial charge in [0, 0.05) is 44.8 Å². The van der Waals surface area contributed by atoms with Crippen molar-refractivity contribution in [3.8, 4) is 0 Å². The number of rotatable bonds is 9. The summed E-state index contributed by atoms with van der Waals surface area (Å²) in [5.74, 6) is -0.238. The van der Waals surface area contributed by atoms with Crippen molar-refractivity contribution in [2.75, 3.05) is 25.6 Å². The lowest BCUT2D eigenvalue weighted by Crippen LogP contribution is -2.47. The van der Waals surface area contributed by atoms with Crippen molar-refractivity contribution >= 4 is 80.0 Å². The average molecular weight is 701 g/mol. The van der Waals surface area contributed by atoms with Gasteiger partial charge in [0.25, 0.3) is 5.91 Å². The van der Waals surface area contributed by atoms with Crippen LogP contribution in [0.25, 0.3) is 10.9 Å². The van der Waals surface area contributed by atoms with E-state index in [1.54, 1.807) is 6.21 Å². The maximum absolute atomic E-state index is 13.0. The Balaban J connectivity index is 1.75. The van der Waals surface area contributed by atoms with Crippen molar-refractivity contribution in [2.45, 2.75) is 26.3 Å². The Labute approximate surface area is 232 Å². The highest BCUT2D eigenvalue weighted by atomic mass is 127. The molecule has 0 radical (unpaired) electrons. The SMILES string of the molecule is CC(C)COC(=O)N[C@@H](Cc1c[nH]c2ccccc12)C(=O)N/N=C\c1cc(I)c(N(C)C)c(I)c1. The van der Waals surface area contributed by atoms with Gasteiger partial charge >= 0.3 is 6.09 Å². The number of anilines is 1. The molecule has 0 saturated heterocycles. The third-order valence-electron chi connectivity index (χ3n) is 5.13. The number of carbonyl (C=O) groups is 2. The lowest BCUT2D eigenvalue weighted by atomic mass is 10.0. The van der Waals surface area contributed by atoms with Gasteiger partial charge in [0.2, 0.25) is 0 Å². The zero-order valence-electron chi connectivity index (χ0n) is 20.1. The number of ether oxygens (including phenoxy) is 1. The molecule has 186 valence electrons. The van der Waals surface area contributed by atoms with Crippen molar-refractivity contribution in [1.29, 1.82) is 0 Å². The van der Waals surface area contributed by atoms with Gasteiger partial charge in [-0.15, -0.1) is 0 Å². The number of nitrogens with zero attached hydrogens (tertiary/aromatic N) is 2. The first kappa shape index (κ1) is 27.2. The van der Waals surface area contributed by atoms with Gasteiger partial charge in [0.1, 0.15) is 6.04 Å². The van der Waals surface area contributed by atoms with Crippen LogP contribution < -0.4 is 15.6 Å². The van der Waals surface area contributed by atoms with Crippen LogP contribution in [-0.4, -0.2) is 49.9 Å². The molecule has 0 fully saturated rings. The first-order valence-electron chi connectivity index (χ1n) is 11.1. The number of hydrogen-bond donors (Lipinski definition) is 3. The summed E-state index contributed by atoms with van der Waals surface area (Å²) in [5, 5.41) is 7.84. The second-order valence-electron chi connectivity index (χ2n) is 8.71. The number of aromatic amines is 1. The predicted molar refractivity (Wildman–Crippen MR) is 157 cm³/mol. The molecular formula is C25H29I2N5O3. The zero-order valence-corrected chi connectivity index (χ0v) is 24.4. The maximum Gasteiger partial charge on any atom is 0.407 e. The molecule has 0 aliphatic heterocycles. The smallest absolute Gasteiger partial charge is 0.407 e. The van der Waals surface area contributed by atoms with Gasteiger partial charge in [-0.25, -0.2) is 10.2 Å². The van der Waals surface area contributed by atoms with Crippen LogP contribution in [-0.2, 0) is 16.0 Å². The molecule has 0 bridgehead atoms. The Bertz CT molecular complexity index is 1200. The number of aromatic nitrogens is 1. The second-order valence-corrected chi connectivity index (χ2v) is 11.0. The molecule has 0 aliphatic carbocycles. The van der Waals surface area contributed by atoms with E-state index in [4.69, 9.17) is 4.74 Å². The fraction of sp³-hybridized carbons (Fsp3) is 0.320. The summed E-state index contributed by atoms with van der Waals surface area (Å²) in [7, 11) is 4.00. The number of H-pyrrole nitrogens is 1. The average Bonchev–Trinajstić information content (AvgIpc) is 3.19. The highest BCUT2D eigenvalue weighted by Gasteiger charge is 2.23. The van der Waals surface area contributed by atoms with Crippen LogP contribution in [0.1, 0.15) is 25.0 Å². The zero-order chi connectivity index (χ0) is 25.5. The number of carbonyl (C=O) groups excluding carboxylic acids is 2. The van der Waals surface area contributed by atoms with E-state index in [2.05, 4.69) is 70.9 Å². The lowest BCUT2D eigenvalue weighted by Gasteiger charge is -2.18. The van der Waals surface area contributed by atoms with Gasteiger partial charge in [-0.1, -0.05) is 32.0 Å². The minimum atomic E-state index is -0.859. The minimum Gasteiger partial charge on any atom is -0.449 e. The normalized spacial score (nSPS) is 12.2. The van der Waals surface area contributed by atoms with Gasteiger partial charge < -0.3 is 19.9 Å². The molecule has 1 heterocycles. The number of hydrazone groups is 1. The summed E-state index contributed by atoms with van der Waals surface area (Å²) < 4.78 is 7.40. The highest BCUT2D eigenvalue weighted by Crippen LogP contribution is 2.28. The van der Waals surface area contributed by atoms with Gasteiger partial charge in [-0.05, 0) is 80.4 Å². The lowest BCUT2D eigenvalue weighted by molar-refractivity contribution is -0.123. The molecule has 10 heteroatoms. The van der Waals surface area contributed by atoms with Crippen LogP contribution in [0.2, 0.25) is 0 Å². The molecule has 0 aliphatic rings. The van der Waals surface area contributed by atoms with Crippen LogP contribution in [0.5, 0.6) is 0 Å². The third kappa shape index (κ3) is 7.56.